The maximum absolute atomic E-state index is 11.8. The number of fused-ring (bicyclic) bond motifs is 1. The monoisotopic (exact) mass is 271 g/mol. The third kappa shape index (κ3) is 2.84. The third-order valence-electron chi connectivity index (χ3n) is 2.32. The first-order chi connectivity index (χ1) is 8.24. The van der Waals surface area contributed by atoms with Crippen molar-refractivity contribution in [2.24, 2.45) is 0 Å². The smallest absolute Gasteiger partial charge is 0.261 e. The molecular formula is C11H13NO3S2. The van der Waals surface area contributed by atoms with Crippen molar-refractivity contribution >= 4 is 38.0 Å². The zero-order chi connectivity index (χ0) is 12.3. The molecule has 0 aliphatic carbocycles. The molecule has 17 heavy (non-hydrogen) atoms. The number of hydrogen-bond acceptors (Lipinski definition) is 5. The summed E-state index contributed by atoms with van der Waals surface area (Å²) in [6, 6.07) is 3.93. The largest absolute Gasteiger partial charge is 0.354 e. The summed E-state index contributed by atoms with van der Waals surface area (Å²) in [4.78, 5) is 12.6. The molecule has 4 nitrogen and oxygen atoms in total. The van der Waals surface area contributed by atoms with Gasteiger partial charge in [0.05, 0.1) is 11.4 Å². The fourth-order valence-electron chi connectivity index (χ4n) is 1.40. The lowest BCUT2D eigenvalue weighted by atomic mass is 10.4. The van der Waals surface area contributed by atoms with Crippen LogP contribution in [0.2, 0.25) is 0 Å². The molecule has 0 bridgehead atoms. The second kappa shape index (κ2) is 5.59. The lowest BCUT2D eigenvalue weighted by molar-refractivity contribution is -0.0974. The van der Waals surface area contributed by atoms with E-state index in [2.05, 4.69) is 5.32 Å². The Kier molecular flexibility index (Phi) is 4.11. The molecule has 0 saturated carbocycles. The predicted molar refractivity (Wildman–Crippen MR) is 69.8 cm³/mol. The molecule has 92 valence electrons. The highest BCUT2D eigenvalue weighted by Crippen LogP contribution is 2.29. The molecule has 2 aromatic heterocycles. The van der Waals surface area contributed by atoms with Gasteiger partial charge in [-0.15, -0.1) is 22.7 Å². The third-order valence-corrected chi connectivity index (χ3v) is 4.41. The molecule has 0 aliphatic heterocycles. The highest BCUT2D eigenvalue weighted by Gasteiger charge is 2.12. The van der Waals surface area contributed by atoms with Gasteiger partial charge in [-0.05, 0) is 17.5 Å². The van der Waals surface area contributed by atoms with Gasteiger partial charge in [-0.1, -0.05) is 0 Å². The zero-order valence-corrected chi connectivity index (χ0v) is 11.2. The summed E-state index contributed by atoms with van der Waals surface area (Å²) in [6.45, 7) is 0.345. The topological polar surface area (TPSA) is 47.6 Å². The fraction of sp³-hybridized carbons (Fsp3) is 0.364. The Morgan fingerprint density at radius 3 is 2.82 bits per heavy atom. The van der Waals surface area contributed by atoms with Crippen LogP contribution in [0.15, 0.2) is 17.5 Å². The van der Waals surface area contributed by atoms with Gasteiger partial charge in [0, 0.05) is 23.6 Å². The molecule has 1 amide bonds. The second-order valence-corrected chi connectivity index (χ2v) is 5.40. The normalized spacial score (nSPS) is 11.2. The van der Waals surface area contributed by atoms with Crippen molar-refractivity contribution in [1.82, 2.24) is 5.32 Å². The van der Waals surface area contributed by atoms with E-state index in [1.807, 2.05) is 17.5 Å². The SMILES string of the molecule is COC(CNC(=O)c1cc2sccc2s1)OC. The summed E-state index contributed by atoms with van der Waals surface area (Å²) in [5, 5.41) is 4.80. The molecule has 0 saturated heterocycles. The van der Waals surface area contributed by atoms with Gasteiger partial charge in [0.15, 0.2) is 6.29 Å². The summed E-state index contributed by atoms with van der Waals surface area (Å²) in [5.41, 5.74) is 0. The lowest BCUT2D eigenvalue weighted by Crippen LogP contribution is -2.33. The van der Waals surface area contributed by atoms with Gasteiger partial charge < -0.3 is 14.8 Å². The molecule has 1 N–H and O–H groups in total. The number of ether oxygens (including phenoxy) is 2. The number of methoxy groups -OCH3 is 2. The summed E-state index contributed by atoms with van der Waals surface area (Å²) < 4.78 is 12.3. The van der Waals surface area contributed by atoms with E-state index in [0.29, 0.717) is 6.54 Å². The van der Waals surface area contributed by atoms with Crippen LogP contribution in [-0.4, -0.2) is 33.0 Å². The van der Waals surface area contributed by atoms with E-state index < -0.39 is 6.29 Å². The minimum Gasteiger partial charge on any atom is -0.354 e. The molecule has 0 aliphatic rings. The molecule has 2 aromatic rings. The van der Waals surface area contributed by atoms with Gasteiger partial charge in [-0.2, -0.15) is 0 Å². The second-order valence-electron chi connectivity index (χ2n) is 3.37. The van der Waals surface area contributed by atoms with E-state index in [1.165, 1.54) is 11.3 Å². The Morgan fingerprint density at radius 2 is 2.18 bits per heavy atom. The molecule has 2 heterocycles. The maximum atomic E-state index is 11.8. The van der Waals surface area contributed by atoms with Crippen molar-refractivity contribution in [2.75, 3.05) is 20.8 Å². The Balaban J connectivity index is 1.98. The Labute approximate surface area is 107 Å². The van der Waals surface area contributed by atoms with E-state index in [4.69, 9.17) is 9.47 Å². The van der Waals surface area contributed by atoms with E-state index in [9.17, 15) is 4.79 Å². The average Bonchev–Trinajstić information content (AvgIpc) is 2.90. The van der Waals surface area contributed by atoms with Crippen LogP contribution in [0.3, 0.4) is 0 Å². The Morgan fingerprint density at radius 1 is 1.41 bits per heavy atom. The van der Waals surface area contributed by atoms with Gasteiger partial charge in [-0.25, -0.2) is 0 Å². The first kappa shape index (κ1) is 12.5. The molecule has 0 atom stereocenters. The molecule has 6 heteroatoms. The van der Waals surface area contributed by atoms with Crippen LogP contribution in [-0.2, 0) is 9.47 Å². The summed E-state index contributed by atoms with van der Waals surface area (Å²) >= 11 is 3.14. The predicted octanol–water partition coefficient (Wildman–Crippen LogP) is 2.31. The Hall–Kier alpha value is -0.950. The van der Waals surface area contributed by atoms with Crippen molar-refractivity contribution in [2.45, 2.75) is 6.29 Å². The Bertz CT molecular complexity index is 473. The molecule has 0 aromatic carbocycles. The van der Waals surface area contributed by atoms with Crippen molar-refractivity contribution in [3.8, 4) is 0 Å². The van der Waals surface area contributed by atoms with E-state index in [1.54, 1.807) is 25.6 Å². The quantitative estimate of drug-likeness (QED) is 0.849. The molecule has 2 rings (SSSR count). The van der Waals surface area contributed by atoms with Crippen molar-refractivity contribution in [1.29, 1.82) is 0 Å². The van der Waals surface area contributed by atoms with Gasteiger partial charge in [0.2, 0.25) is 0 Å². The van der Waals surface area contributed by atoms with Crippen LogP contribution in [0.4, 0.5) is 0 Å². The first-order valence-electron chi connectivity index (χ1n) is 5.05. The summed E-state index contributed by atoms with van der Waals surface area (Å²) in [5.74, 6) is -0.0856. The number of carbonyl (C=O) groups excluding carboxylic acids is 1. The van der Waals surface area contributed by atoms with E-state index in [0.717, 1.165) is 14.3 Å². The average molecular weight is 271 g/mol. The van der Waals surface area contributed by atoms with Gasteiger partial charge in [0.25, 0.3) is 5.91 Å². The number of hydrogen-bond donors (Lipinski definition) is 1. The van der Waals surface area contributed by atoms with Crippen LogP contribution in [0.5, 0.6) is 0 Å². The zero-order valence-electron chi connectivity index (χ0n) is 9.56. The highest BCUT2D eigenvalue weighted by atomic mass is 32.1. The fourth-order valence-corrected chi connectivity index (χ4v) is 3.43. The van der Waals surface area contributed by atoms with Crippen molar-refractivity contribution < 1.29 is 14.3 Å². The highest BCUT2D eigenvalue weighted by molar-refractivity contribution is 7.27. The van der Waals surface area contributed by atoms with Crippen LogP contribution in [0.1, 0.15) is 9.67 Å². The van der Waals surface area contributed by atoms with Crippen LogP contribution < -0.4 is 5.32 Å². The lowest BCUT2D eigenvalue weighted by Gasteiger charge is -2.13. The number of nitrogens with one attached hydrogen (secondary N) is 1. The minimum atomic E-state index is -0.403. The molecule has 0 radical (unpaired) electrons. The number of amides is 1. The first-order valence-corrected chi connectivity index (χ1v) is 6.75. The van der Waals surface area contributed by atoms with Crippen LogP contribution in [0.25, 0.3) is 9.40 Å². The van der Waals surface area contributed by atoms with Gasteiger partial charge in [0.1, 0.15) is 0 Å². The van der Waals surface area contributed by atoms with E-state index in [-0.39, 0.29) is 5.91 Å². The van der Waals surface area contributed by atoms with Gasteiger partial charge >= 0.3 is 0 Å². The van der Waals surface area contributed by atoms with Gasteiger partial charge in [-0.3, -0.25) is 4.79 Å². The molecule has 0 unspecified atom stereocenters. The molecule has 0 spiro atoms. The number of thiophene rings is 2. The van der Waals surface area contributed by atoms with Crippen LogP contribution in [0, 0.1) is 0 Å². The molecular weight excluding hydrogens is 258 g/mol. The number of rotatable bonds is 5. The number of carbonyl (C=O) groups is 1. The standard InChI is InChI=1S/C11H13NO3S2/c1-14-10(15-2)6-12-11(13)9-5-8-7(17-9)3-4-16-8/h3-5,10H,6H2,1-2H3,(H,12,13). The summed E-state index contributed by atoms with van der Waals surface area (Å²) in [6.07, 6.45) is -0.403. The van der Waals surface area contributed by atoms with Crippen molar-refractivity contribution in [3.05, 3.63) is 22.4 Å². The summed E-state index contributed by atoms with van der Waals surface area (Å²) in [7, 11) is 3.09. The maximum Gasteiger partial charge on any atom is 0.261 e. The van der Waals surface area contributed by atoms with Crippen LogP contribution >= 0.6 is 22.7 Å². The van der Waals surface area contributed by atoms with Crippen molar-refractivity contribution in [3.63, 3.8) is 0 Å². The van der Waals surface area contributed by atoms with E-state index >= 15 is 0 Å². The minimum absolute atomic E-state index is 0.0856. The molecule has 0 fully saturated rings.